The highest BCUT2D eigenvalue weighted by molar-refractivity contribution is 5.93. The van der Waals surface area contributed by atoms with E-state index in [1.165, 1.54) is 10.9 Å². The number of nitrogens with zero attached hydrogens (tertiary/aromatic N) is 3. The quantitative estimate of drug-likeness (QED) is 0.370. The molecule has 0 aliphatic carbocycles. The first-order chi connectivity index (χ1) is 14.1. The molecule has 0 unspecified atom stereocenters. The molecule has 2 aromatic carbocycles. The van der Waals surface area contributed by atoms with Crippen molar-refractivity contribution in [1.82, 2.24) is 20.1 Å². The fourth-order valence-corrected chi connectivity index (χ4v) is 3.22. The Morgan fingerprint density at radius 2 is 1.79 bits per heavy atom. The van der Waals surface area contributed by atoms with Gasteiger partial charge in [0.1, 0.15) is 0 Å². The van der Waals surface area contributed by atoms with Crippen LogP contribution in [0.1, 0.15) is 22.3 Å². The van der Waals surface area contributed by atoms with E-state index in [1.807, 2.05) is 24.3 Å². The van der Waals surface area contributed by atoms with E-state index in [0.29, 0.717) is 12.1 Å². The fourth-order valence-electron chi connectivity index (χ4n) is 3.22. The van der Waals surface area contributed by atoms with Crippen molar-refractivity contribution in [3.8, 4) is 0 Å². The predicted octanol–water partition coefficient (Wildman–Crippen LogP) is 3.10. The van der Waals surface area contributed by atoms with Crippen molar-refractivity contribution in [2.45, 2.75) is 19.5 Å². The van der Waals surface area contributed by atoms with E-state index in [-0.39, 0.29) is 5.91 Å². The molecule has 1 aromatic heterocycles. The van der Waals surface area contributed by atoms with Crippen molar-refractivity contribution < 1.29 is 4.79 Å². The van der Waals surface area contributed by atoms with Gasteiger partial charge in [-0.3, -0.25) is 9.79 Å². The van der Waals surface area contributed by atoms with Gasteiger partial charge in [-0.05, 0) is 41.6 Å². The largest absolute Gasteiger partial charge is 0.356 e. The van der Waals surface area contributed by atoms with Crippen LogP contribution in [0, 0.1) is 0 Å². The molecule has 6 nitrogen and oxygen atoms in total. The summed E-state index contributed by atoms with van der Waals surface area (Å²) >= 11 is 0. The van der Waals surface area contributed by atoms with Crippen LogP contribution in [-0.4, -0.2) is 49.0 Å². The maximum absolute atomic E-state index is 12.0. The molecule has 1 heterocycles. The molecule has 152 valence electrons. The maximum Gasteiger partial charge on any atom is 0.253 e. The normalized spacial score (nSPS) is 11.5. The van der Waals surface area contributed by atoms with Gasteiger partial charge in [0.2, 0.25) is 0 Å². The van der Waals surface area contributed by atoms with Gasteiger partial charge in [0.25, 0.3) is 5.91 Å². The lowest BCUT2D eigenvalue weighted by Gasteiger charge is -2.13. The average molecular weight is 392 g/mol. The Labute approximate surface area is 172 Å². The molecule has 3 rings (SSSR count). The molecule has 6 heteroatoms. The average Bonchev–Trinajstić information content (AvgIpc) is 3.16. The van der Waals surface area contributed by atoms with Gasteiger partial charge in [-0.25, -0.2) is 0 Å². The van der Waals surface area contributed by atoms with Crippen LogP contribution in [0.3, 0.4) is 0 Å². The molecule has 0 aliphatic rings. The van der Waals surface area contributed by atoms with Crippen LogP contribution in [0.5, 0.6) is 0 Å². The van der Waals surface area contributed by atoms with Gasteiger partial charge in [-0.1, -0.05) is 30.3 Å². The van der Waals surface area contributed by atoms with E-state index in [2.05, 4.69) is 56.7 Å². The third kappa shape index (κ3) is 5.38. The van der Waals surface area contributed by atoms with E-state index < -0.39 is 0 Å². The minimum Gasteiger partial charge on any atom is -0.356 e. The zero-order valence-electron chi connectivity index (χ0n) is 17.4. The lowest BCUT2D eigenvalue weighted by molar-refractivity contribution is 0.0827. The van der Waals surface area contributed by atoms with Crippen LogP contribution in [-0.2, 0) is 13.1 Å². The van der Waals surface area contributed by atoms with E-state index in [4.69, 9.17) is 0 Å². The van der Waals surface area contributed by atoms with Gasteiger partial charge in [0.15, 0.2) is 5.96 Å². The summed E-state index contributed by atoms with van der Waals surface area (Å²) in [7, 11) is 5.28. The molecule has 0 bridgehead atoms. The standard InChI is InChI=1S/C23H29N5O/c1-24-23(26-17-18-9-11-20(12-10-18)22(29)27(2)3)25-14-6-15-28-16-13-19-7-4-5-8-21(19)28/h4-5,7-13,16H,6,14-15,17H2,1-3H3,(H2,24,25,26). The predicted molar refractivity (Wildman–Crippen MR) is 119 cm³/mol. The highest BCUT2D eigenvalue weighted by Crippen LogP contribution is 2.15. The Bertz CT molecular complexity index is 972. The first-order valence-corrected chi connectivity index (χ1v) is 9.87. The number of hydrogen-bond donors (Lipinski definition) is 2. The van der Waals surface area contributed by atoms with Gasteiger partial charge in [0.05, 0.1) is 0 Å². The first kappa shape index (κ1) is 20.5. The molecule has 0 saturated heterocycles. The van der Waals surface area contributed by atoms with Crippen molar-refractivity contribution in [2.75, 3.05) is 27.7 Å². The molecule has 0 atom stereocenters. The Hall–Kier alpha value is -3.28. The van der Waals surface area contributed by atoms with Crippen LogP contribution in [0.15, 0.2) is 65.8 Å². The van der Waals surface area contributed by atoms with Crippen molar-refractivity contribution in [2.24, 2.45) is 4.99 Å². The molecule has 29 heavy (non-hydrogen) atoms. The van der Waals surface area contributed by atoms with Gasteiger partial charge >= 0.3 is 0 Å². The number of guanidine groups is 1. The number of aliphatic imine (C=N–C) groups is 1. The second kappa shape index (κ2) is 9.78. The Morgan fingerprint density at radius 3 is 2.52 bits per heavy atom. The monoisotopic (exact) mass is 391 g/mol. The van der Waals surface area contributed by atoms with Crippen molar-refractivity contribution >= 4 is 22.8 Å². The van der Waals surface area contributed by atoms with Crippen LogP contribution in [0.2, 0.25) is 0 Å². The zero-order chi connectivity index (χ0) is 20.6. The highest BCUT2D eigenvalue weighted by atomic mass is 16.2. The molecule has 0 spiro atoms. The molecule has 0 fully saturated rings. The Morgan fingerprint density at radius 1 is 1.03 bits per heavy atom. The van der Waals surface area contributed by atoms with Gasteiger partial charge in [0, 0.05) is 58.1 Å². The fraction of sp³-hybridized carbons (Fsp3) is 0.304. The van der Waals surface area contributed by atoms with Crippen LogP contribution in [0.25, 0.3) is 10.9 Å². The number of carbonyl (C=O) groups is 1. The summed E-state index contributed by atoms with van der Waals surface area (Å²) < 4.78 is 2.28. The lowest BCUT2D eigenvalue weighted by atomic mass is 10.1. The summed E-state index contributed by atoms with van der Waals surface area (Å²) in [5.74, 6) is 0.785. The van der Waals surface area contributed by atoms with Gasteiger partial charge in [-0.15, -0.1) is 0 Å². The smallest absolute Gasteiger partial charge is 0.253 e. The molecular formula is C23H29N5O. The number of para-hydroxylation sites is 1. The maximum atomic E-state index is 12.0. The van der Waals surface area contributed by atoms with Gasteiger partial charge in [-0.2, -0.15) is 0 Å². The number of benzene rings is 2. The van der Waals surface area contributed by atoms with Crippen molar-refractivity contribution in [3.05, 3.63) is 71.9 Å². The van der Waals surface area contributed by atoms with E-state index in [1.54, 1.807) is 26.0 Å². The third-order valence-corrected chi connectivity index (χ3v) is 4.84. The highest BCUT2D eigenvalue weighted by Gasteiger charge is 2.07. The molecule has 3 aromatic rings. The number of hydrogen-bond acceptors (Lipinski definition) is 2. The number of nitrogens with one attached hydrogen (secondary N) is 2. The summed E-state index contributed by atoms with van der Waals surface area (Å²) in [6.07, 6.45) is 3.14. The zero-order valence-corrected chi connectivity index (χ0v) is 17.4. The summed E-state index contributed by atoms with van der Waals surface area (Å²) in [5.41, 5.74) is 3.06. The van der Waals surface area contributed by atoms with E-state index >= 15 is 0 Å². The number of rotatable bonds is 7. The minimum absolute atomic E-state index is 0.0115. The molecular weight excluding hydrogens is 362 g/mol. The van der Waals surface area contributed by atoms with E-state index in [0.717, 1.165) is 31.0 Å². The number of aromatic nitrogens is 1. The van der Waals surface area contributed by atoms with Crippen LogP contribution < -0.4 is 10.6 Å². The minimum atomic E-state index is 0.0115. The van der Waals surface area contributed by atoms with Crippen LogP contribution in [0.4, 0.5) is 0 Å². The molecule has 0 aliphatic heterocycles. The lowest BCUT2D eigenvalue weighted by Crippen LogP contribution is -2.37. The summed E-state index contributed by atoms with van der Waals surface area (Å²) in [6.45, 7) is 2.44. The second-order valence-corrected chi connectivity index (χ2v) is 7.17. The third-order valence-electron chi connectivity index (χ3n) is 4.84. The van der Waals surface area contributed by atoms with Crippen molar-refractivity contribution in [1.29, 1.82) is 0 Å². The van der Waals surface area contributed by atoms with Crippen LogP contribution >= 0.6 is 0 Å². The molecule has 1 amide bonds. The number of aryl methyl sites for hydroxylation is 1. The summed E-state index contributed by atoms with van der Waals surface area (Å²) in [4.78, 5) is 17.8. The SMILES string of the molecule is CN=C(NCCCn1ccc2ccccc21)NCc1ccc(C(=O)N(C)C)cc1. The number of fused-ring (bicyclic) bond motifs is 1. The molecule has 2 N–H and O–H groups in total. The van der Waals surface area contributed by atoms with Crippen molar-refractivity contribution in [3.63, 3.8) is 0 Å². The molecule has 0 radical (unpaired) electrons. The molecule has 0 saturated carbocycles. The number of carbonyl (C=O) groups excluding carboxylic acids is 1. The summed E-state index contributed by atoms with van der Waals surface area (Å²) in [5, 5.41) is 7.95. The van der Waals surface area contributed by atoms with E-state index in [9.17, 15) is 4.79 Å². The Balaban J connectivity index is 1.43. The second-order valence-electron chi connectivity index (χ2n) is 7.17. The first-order valence-electron chi connectivity index (χ1n) is 9.87. The topological polar surface area (TPSA) is 61.7 Å². The van der Waals surface area contributed by atoms with Gasteiger partial charge < -0.3 is 20.1 Å². The number of amides is 1. The Kier molecular flexibility index (Phi) is 6.89. The summed E-state index contributed by atoms with van der Waals surface area (Å²) in [6, 6.07) is 18.2.